The average molecular weight is 385 g/mol. The number of para-hydroxylation sites is 1. The SMILES string of the molecule is CCCOCc1ccccc1CNC(=O)CN1C(=O)CSc2ccccc21. The van der Waals surface area contributed by atoms with Crippen molar-refractivity contribution in [2.24, 2.45) is 0 Å². The van der Waals surface area contributed by atoms with Gasteiger partial charge in [0.25, 0.3) is 0 Å². The fourth-order valence-corrected chi connectivity index (χ4v) is 3.85. The molecule has 0 unspecified atom stereocenters. The van der Waals surface area contributed by atoms with Gasteiger partial charge < -0.3 is 15.0 Å². The lowest BCUT2D eigenvalue weighted by atomic mass is 10.1. The summed E-state index contributed by atoms with van der Waals surface area (Å²) in [7, 11) is 0. The Morgan fingerprint density at radius 1 is 1.15 bits per heavy atom. The van der Waals surface area contributed by atoms with Gasteiger partial charge >= 0.3 is 0 Å². The van der Waals surface area contributed by atoms with Gasteiger partial charge in [0.15, 0.2) is 0 Å². The minimum atomic E-state index is -0.172. The molecular formula is C21H24N2O3S. The first-order chi connectivity index (χ1) is 13.2. The van der Waals surface area contributed by atoms with Crippen molar-refractivity contribution in [1.82, 2.24) is 5.32 Å². The Morgan fingerprint density at radius 2 is 1.89 bits per heavy atom. The molecule has 2 aromatic rings. The maximum Gasteiger partial charge on any atom is 0.240 e. The second kappa shape index (κ2) is 9.58. The van der Waals surface area contributed by atoms with E-state index >= 15 is 0 Å². The Kier molecular flexibility index (Phi) is 6.90. The molecule has 0 aliphatic carbocycles. The van der Waals surface area contributed by atoms with Crippen molar-refractivity contribution in [2.45, 2.75) is 31.4 Å². The summed E-state index contributed by atoms with van der Waals surface area (Å²) in [5.74, 6) is 0.151. The second-order valence-corrected chi connectivity index (χ2v) is 7.35. The number of anilines is 1. The highest BCUT2D eigenvalue weighted by Crippen LogP contribution is 2.34. The summed E-state index contributed by atoms with van der Waals surface area (Å²) in [4.78, 5) is 27.3. The van der Waals surface area contributed by atoms with Crippen LogP contribution in [0.25, 0.3) is 0 Å². The molecule has 2 amide bonds. The number of hydrogen-bond acceptors (Lipinski definition) is 4. The van der Waals surface area contributed by atoms with Gasteiger partial charge in [-0.05, 0) is 29.7 Å². The topological polar surface area (TPSA) is 58.6 Å². The molecule has 0 saturated heterocycles. The molecule has 0 atom stereocenters. The monoisotopic (exact) mass is 384 g/mol. The molecule has 0 bridgehead atoms. The Bertz CT molecular complexity index is 810. The lowest BCUT2D eigenvalue weighted by Crippen LogP contribution is -2.43. The van der Waals surface area contributed by atoms with Crippen molar-refractivity contribution in [3.8, 4) is 0 Å². The van der Waals surface area contributed by atoms with Crippen LogP contribution in [0, 0.1) is 0 Å². The molecule has 142 valence electrons. The molecular weight excluding hydrogens is 360 g/mol. The molecule has 1 N–H and O–H groups in total. The van der Waals surface area contributed by atoms with E-state index in [9.17, 15) is 9.59 Å². The zero-order valence-electron chi connectivity index (χ0n) is 15.4. The summed E-state index contributed by atoms with van der Waals surface area (Å²) >= 11 is 1.51. The van der Waals surface area contributed by atoms with Crippen molar-refractivity contribution >= 4 is 29.3 Å². The van der Waals surface area contributed by atoms with Crippen LogP contribution in [0.4, 0.5) is 5.69 Å². The molecule has 0 radical (unpaired) electrons. The minimum Gasteiger partial charge on any atom is -0.377 e. The van der Waals surface area contributed by atoms with Gasteiger partial charge in [-0.25, -0.2) is 0 Å². The van der Waals surface area contributed by atoms with E-state index in [2.05, 4.69) is 12.2 Å². The third-order valence-corrected chi connectivity index (χ3v) is 5.36. The third kappa shape index (κ3) is 5.11. The molecule has 3 rings (SSSR count). The molecule has 1 heterocycles. The van der Waals surface area contributed by atoms with E-state index in [4.69, 9.17) is 4.74 Å². The maximum absolute atomic E-state index is 12.5. The summed E-state index contributed by atoms with van der Waals surface area (Å²) in [5, 5.41) is 2.93. The number of thioether (sulfide) groups is 1. The van der Waals surface area contributed by atoms with Crippen molar-refractivity contribution in [2.75, 3.05) is 23.8 Å². The Morgan fingerprint density at radius 3 is 2.70 bits per heavy atom. The van der Waals surface area contributed by atoms with Crippen LogP contribution in [0.15, 0.2) is 53.4 Å². The molecule has 0 saturated carbocycles. The number of fused-ring (bicyclic) bond motifs is 1. The molecule has 5 nitrogen and oxygen atoms in total. The number of carbonyl (C=O) groups is 2. The fourth-order valence-electron chi connectivity index (χ4n) is 2.92. The molecule has 2 aromatic carbocycles. The van der Waals surface area contributed by atoms with Gasteiger partial charge in [0.2, 0.25) is 11.8 Å². The van der Waals surface area contributed by atoms with Gasteiger partial charge in [-0.1, -0.05) is 43.3 Å². The number of hydrogen-bond donors (Lipinski definition) is 1. The summed E-state index contributed by atoms with van der Waals surface area (Å²) < 4.78 is 5.62. The number of nitrogens with zero attached hydrogens (tertiary/aromatic N) is 1. The van der Waals surface area contributed by atoms with Crippen molar-refractivity contribution in [3.05, 3.63) is 59.7 Å². The minimum absolute atomic E-state index is 0.0326. The van der Waals surface area contributed by atoms with E-state index in [0.717, 1.165) is 34.7 Å². The van der Waals surface area contributed by atoms with Crippen LogP contribution in [0.3, 0.4) is 0 Å². The van der Waals surface area contributed by atoms with Crippen molar-refractivity contribution in [3.63, 3.8) is 0 Å². The van der Waals surface area contributed by atoms with Crippen LogP contribution in [-0.4, -0.2) is 30.7 Å². The highest BCUT2D eigenvalue weighted by atomic mass is 32.2. The number of ether oxygens (including phenoxy) is 1. The largest absolute Gasteiger partial charge is 0.377 e. The molecule has 0 fully saturated rings. The Labute approximate surface area is 164 Å². The quantitative estimate of drug-likeness (QED) is 0.709. The van der Waals surface area contributed by atoms with Gasteiger partial charge in [-0.3, -0.25) is 9.59 Å². The fraction of sp³-hybridized carbons (Fsp3) is 0.333. The summed E-state index contributed by atoms with van der Waals surface area (Å²) in [6.07, 6.45) is 0.975. The normalized spacial score (nSPS) is 13.4. The van der Waals surface area contributed by atoms with Crippen LogP contribution >= 0.6 is 11.8 Å². The lowest BCUT2D eigenvalue weighted by Gasteiger charge is -2.28. The molecule has 1 aliphatic heterocycles. The van der Waals surface area contributed by atoms with E-state index in [-0.39, 0.29) is 18.4 Å². The number of rotatable bonds is 8. The third-order valence-electron chi connectivity index (χ3n) is 4.31. The molecule has 0 aromatic heterocycles. The van der Waals surface area contributed by atoms with E-state index in [1.807, 2.05) is 48.5 Å². The van der Waals surface area contributed by atoms with Gasteiger partial charge in [0, 0.05) is 18.0 Å². The standard InChI is InChI=1S/C21H24N2O3S/c1-2-11-26-14-17-8-4-3-7-16(17)12-22-20(24)13-23-18-9-5-6-10-19(18)27-15-21(23)25/h3-10H,2,11-15H2,1H3,(H,22,24). The summed E-state index contributed by atoms with van der Waals surface area (Å²) in [6, 6.07) is 15.6. The number of nitrogens with one attached hydrogen (secondary N) is 1. The van der Waals surface area contributed by atoms with E-state index < -0.39 is 0 Å². The van der Waals surface area contributed by atoms with Crippen LogP contribution in [-0.2, 0) is 27.5 Å². The van der Waals surface area contributed by atoms with Gasteiger partial charge in [-0.15, -0.1) is 11.8 Å². The second-order valence-electron chi connectivity index (χ2n) is 6.33. The van der Waals surface area contributed by atoms with Crippen molar-refractivity contribution in [1.29, 1.82) is 0 Å². The van der Waals surface area contributed by atoms with E-state index in [1.54, 1.807) is 4.90 Å². The molecule has 1 aliphatic rings. The zero-order valence-corrected chi connectivity index (χ0v) is 16.3. The average Bonchev–Trinajstić information content (AvgIpc) is 2.69. The molecule has 6 heteroatoms. The van der Waals surface area contributed by atoms with Gasteiger partial charge in [0.1, 0.15) is 6.54 Å². The van der Waals surface area contributed by atoms with Crippen LogP contribution in [0.5, 0.6) is 0 Å². The summed E-state index contributed by atoms with van der Waals surface area (Å²) in [6.45, 7) is 3.78. The maximum atomic E-state index is 12.5. The van der Waals surface area contributed by atoms with Crippen LogP contribution in [0.1, 0.15) is 24.5 Å². The van der Waals surface area contributed by atoms with E-state index in [0.29, 0.717) is 18.9 Å². The number of benzene rings is 2. The first-order valence-corrected chi connectivity index (χ1v) is 10.1. The lowest BCUT2D eigenvalue weighted by molar-refractivity contribution is -0.123. The molecule has 27 heavy (non-hydrogen) atoms. The van der Waals surface area contributed by atoms with Crippen molar-refractivity contribution < 1.29 is 14.3 Å². The molecule has 0 spiro atoms. The highest BCUT2D eigenvalue weighted by molar-refractivity contribution is 8.00. The zero-order chi connectivity index (χ0) is 19.1. The first kappa shape index (κ1) is 19.5. The number of carbonyl (C=O) groups excluding carboxylic acids is 2. The predicted molar refractivity (Wildman–Crippen MR) is 108 cm³/mol. The van der Waals surface area contributed by atoms with Gasteiger partial charge in [0.05, 0.1) is 18.0 Å². The van der Waals surface area contributed by atoms with Crippen LogP contribution < -0.4 is 10.2 Å². The predicted octanol–water partition coefficient (Wildman–Crippen LogP) is 3.37. The Hall–Kier alpha value is -2.31. The summed E-state index contributed by atoms with van der Waals surface area (Å²) in [5.41, 5.74) is 2.91. The number of amides is 2. The van der Waals surface area contributed by atoms with E-state index in [1.165, 1.54) is 11.8 Å². The van der Waals surface area contributed by atoms with Gasteiger partial charge in [-0.2, -0.15) is 0 Å². The highest BCUT2D eigenvalue weighted by Gasteiger charge is 2.26. The Balaban J connectivity index is 1.60. The van der Waals surface area contributed by atoms with Crippen LogP contribution in [0.2, 0.25) is 0 Å². The first-order valence-electron chi connectivity index (χ1n) is 9.12. The smallest absolute Gasteiger partial charge is 0.240 e.